The van der Waals surface area contributed by atoms with Crippen LogP contribution in [0.1, 0.15) is 5.82 Å². The number of hydrogen-bond donors (Lipinski definition) is 3. The van der Waals surface area contributed by atoms with Crippen LogP contribution in [-0.4, -0.2) is 62.9 Å². The molecule has 2 aliphatic heterocycles. The van der Waals surface area contributed by atoms with Crippen molar-refractivity contribution in [2.75, 3.05) is 54.1 Å². The van der Waals surface area contributed by atoms with E-state index >= 15 is 0 Å². The molecule has 2 aliphatic rings. The molecule has 10 nitrogen and oxygen atoms in total. The summed E-state index contributed by atoms with van der Waals surface area (Å²) in [4.78, 5) is 23.3. The molecule has 0 bridgehead atoms. The zero-order valence-corrected chi connectivity index (χ0v) is 17.0. The van der Waals surface area contributed by atoms with Crippen molar-refractivity contribution in [3.8, 4) is 0 Å². The first-order valence-electron chi connectivity index (χ1n) is 9.47. The number of aromatic nitrogens is 2. The second kappa shape index (κ2) is 8.28. The van der Waals surface area contributed by atoms with E-state index in [-0.39, 0.29) is 22.0 Å². The molecule has 1 fully saturated rings. The Hall–Kier alpha value is -3.18. The van der Waals surface area contributed by atoms with Crippen molar-refractivity contribution in [2.24, 2.45) is 5.73 Å². The minimum absolute atomic E-state index is 0.0274. The Morgan fingerprint density at radius 2 is 1.97 bits per heavy atom. The van der Waals surface area contributed by atoms with E-state index in [1.165, 1.54) is 12.4 Å². The molecule has 30 heavy (non-hydrogen) atoms. The molecule has 3 heterocycles. The zero-order chi connectivity index (χ0) is 21.1. The van der Waals surface area contributed by atoms with Crippen molar-refractivity contribution in [2.45, 2.75) is 4.90 Å². The van der Waals surface area contributed by atoms with Gasteiger partial charge in [0.25, 0.3) is 5.91 Å². The summed E-state index contributed by atoms with van der Waals surface area (Å²) in [5.41, 5.74) is 7.33. The number of hydrogen-bond acceptors (Lipinski definition) is 9. The van der Waals surface area contributed by atoms with Crippen LogP contribution >= 0.6 is 0 Å². The predicted octanol–water partition coefficient (Wildman–Crippen LogP) is 0.451. The molecule has 0 spiro atoms. The highest BCUT2D eigenvalue weighted by atomic mass is 32.2. The molecule has 0 atom stereocenters. The van der Waals surface area contributed by atoms with Crippen LogP contribution in [0.25, 0.3) is 5.57 Å². The van der Waals surface area contributed by atoms with Gasteiger partial charge in [-0.3, -0.25) is 4.79 Å². The van der Waals surface area contributed by atoms with Gasteiger partial charge in [0.2, 0.25) is 0 Å². The van der Waals surface area contributed by atoms with E-state index in [9.17, 15) is 13.2 Å². The molecular formula is C19H22N6O4S. The normalized spacial score (nSPS) is 18.3. The first kappa shape index (κ1) is 20.1. The van der Waals surface area contributed by atoms with Crippen LogP contribution in [0.3, 0.4) is 0 Å². The number of fused-ring (bicyclic) bond motifs is 1. The van der Waals surface area contributed by atoms with Crippen molar-refractivity contribution in [3.63, 3.8) is 0 Å². The van der Waals surface area contributed by atoms with Gasteiger partial charge in [0.15, 0.2) is 15.7 Å². The molecule has 4 rings (SSSR count). The first-order valence-corrected chi connectivity index (χ1v) is 11.1. The summed E-state index contributed by atoms with van der Waals surface area (Å²) in [5, 5.41) is 5.95. The number of sulfone groups is 1. The highest BCUT2D eigenvalue weighted by molar-refractivity contribution is 7.91. The molecule has 158 valence electrons. The van der Waals surface area contributed by atoms with E-state index in [0.717, 1.165) is 6.20 Å². The Bertz CT molecular complexity index is 1080. The molecule has 4 N–H and O–H groups in total. The lowest BCUT2D eigenvalue weighted by Gasteiger charge is -2.32. The Balaban J connectivity index is 1.73. The van der Waals surface area contributed by atoms with Gasteiger partial charge in [0, 0.05) is 38.2 Å². The van der Waals surface area contributed by atoms with Gasteiger partial charge < -0.3 is 26.0 Å². The molecule has 1 aromatic carbocycles. The summed E-state index contributed by atoms with van der Waals surface area (Å²) in [6.45, 7) is 2.50. The molecule has 2 aromatic rings. The predicted molar refractivity (Wildman–Crippen MR) is 113 cm³/mol. The average Bonchev–Trinajstić information content (AvgIpc) is 2.75. The number of benzene rings is 1. The molecule has 0 radical (unpaired) electrons. The Morgan fingerprint density at radius 3 is 2.67 bits per heavy atom. The average molecular weight is 430 g/mol. The van der Waals surface area contributed by atoms with Gasteiger partial charge in [-0.15, -0.1) is 0 Å². The van der Waals surface area contributed by atoms with Gasteiger partial charge >= 0.3 is 0 Å². The van der Waals surface area contributed by atoms with Crippen LogP contribution < -0.4 is 21.3 Å². The highest BCUT2D eigenvalue weighted by Gasteiger charge is 2.28. The molecule has 1 amide bonds. The maximum atomic E-state index is 13.0. The van der Waals surface area contributed by atoms with E-state index in [0.29, 0.717) is 49.9 Å². The summed E-state index contributed by atoms with van der Waals surface area (Å²) in [6, 6.07) is 4.90. The van der Waals surface area contributed by atoms with E-state index < -0.39 is 15.7 Å². The maximum Gasteiger partial charge on any atom is 0.261 e. The third-order valence-corrected chi connectivity index (χ3v) is 6.69. The van der Waals surface area contributed by atoms with Gasteiger partial charge in [-0.2, -0.15) is 0 Å². The summed E-state index contributed by atoms with van der Waals surface area (Å²) < 4.78 is 30.5. The molecule has 11 heteroatoms. The molecule has 0 saturated carbocycles. The summed E-state index contributed by atoms with van der Waals surface area (Å²) in [6.07, 6.45) is 4.19. The fourth-order valence-electron chi connectivity index (χ4n) is 3.44. The fourth-order valence-corrected chi connectivity index (χ4v) is 4.79. The SMILES string of the molecule is NC=C(C(=O)Nc1cc2c(cc1N1CCOCC1)S(=O)(=O)CCN2)c1ncccn1. The van der Waals surface area contributed by atoms with Crippen LogP contribution in [-0.2, 0) is 19.4 Å². The Kier molecular flexibility index (Phi) is 5.55. The van der Waals surface area contributed by atoms with Gasteiger partial charge in [0.1, 0.15) is 0 Å². The van der Waals surface area contributed by atoms with Crippen molar-refractivity contribution in [1.29, 1.82) is 0 Å². The number of amides is 1. The van der Waals surface area contributed by atoms with Crippen LogP contribution in [0.15, 0.2) is 41.7 Å². The van der Waals surface area contributed by atoms with Crippen molar-refractivity contribution < 1.29 is 17.9 Å². The third kappa shape index (κ3) is 3.94. The van der Waals surface area contributed by atoms with E-state index in [1.54, 1.807) is 18.2 Å². The number of nitrogens with one attached hydrogen (secondary N) is 2. The smallest absolute Gasteiger partial charge is 0.261 e. The van der Waals surface area contributed by atoms with Crippen LogP contribution in [0, 0.1) is 0 Å². The lowest BCUT2D eigenvalue weighted by Crippen LogP contribution is -2.37. The van der Waals surface area contributed by atoms with E-state index in [2.05, 4.69) is 20.6 Å². The highest BCUT2D eigenvalue weighted by Crippen LogP contribution is 2.37. The molecule has 1 saturated heterocycles. The van der Waals surface area contributed by atoms with Crippen LogP contribution in [0.5, 0.6) is 0 Å². The second-order valence-corrected chi connectivity index (χ2v) is 8.90. The van der Waals surface area contributed by atoms with E-state index in [4.69, 9.17) is 10.5 Å². The summed E-state index contributed by atoms with van der Waals surface area (Å²) in [7, 11) is -3.40. The lowest BCUT2D eigenvalue weighted by molar-refractivity contribution is -0.111. The van der Waals surface area contributed by atoms with E-state index in [1.807, 2.05) is 4.90 Å². The van der Waals surface area contributed by atoms with Crippen molar-refractivity contribution in [1.82, 2.24) is 9.97 Å². The quantitative estimate of drug-likeness (QED) is 0.590. The third-order valence-electron chi connectivity index (χ3n) is 4.94. The van der Waals surface area contributed by atoms with Crippen molar-refractivity contribution >= 4 is 38.4 Å². The number of nitrogens with zero attached hydrogens (tertiary/aromatic N) is 3. The topological polar surface area (TPSA) is 140 Å². The van der Waals surface area contributed by atoms with Gasteiger partial charge in [-0.1, -0.05) is 0 Å². The maximum absolute atomic E-state index is 13.0. The largest absolute Gasteiger partial charge is 0.404 e. The molecule has 0 unspecified atom stereocenters. The number of nitrogens with two attached hydrogens (primary N) is 1. The number of rotatable bonds is 4. The number of ether oxygens (including phenoxy) is 1. The lowest BCUT2D eigenvalue weighted by atomic mass is 10.1. The second-order valence-electron chi connectivity index (χ2n) is 6.82. The number of carbonyl (C=O) groups is 1. The van der Waals surface area contributed by atoms with Gasteiger partial charge in [0.05, 0.1) is 46.5 Å². The summed E-state index contributed by atoms with van der Waals surface area (Å²) >= 11 is 0. The molecular weight excluding hydrogens is 408 g/mol. The van der Waals surface area contributed by atoms with Crippen molar-refractivity contribution in [3.05, 3.63) is 42.6 Å². The molecule has 0 aliphatic carbocycles. The minimum atomic E-state index is -3.40. The fraction of sp³-hybridized carbons (Fsp3) is 0.316. The Labute approximate surface area is 174 Å². The standard InChI is InChI=1S/C19H22N6O4S/c20-12-13(18-22-2-1-3-23-18)19(26)24-14-10-15-17(30(27,28)9-4-21-15)11-16(14)25-5-7-29-8-6-25/h1-3,10-12,21H,4-9,20H2,(H,24,26). The zero-order valence-electron chi connectivity index (χ0n) is 16.2. The summed E-state index contributed by atoms with van der Waals surface area (Å²) in [5.74, 6) is -0.263. The van der Waals surface area contributed by atoms with Gasteiger partial charge in [-0.05, 0) is 18.2 Å². The number of carbonyl (C=O) groups excluding carboxylic acids is 1. The minimum Gasteiger partial charge on any atom is -0.404 e. The first-order chi connectivity index (χ1) is 14.5. The number of morpholine rings is 1. The monoisotopic (exact) mass is 430 g/mol. The van der Waals surface area contributed by atoms with Gasteiger partial charge in [-0.25, -0.2) is 18.4 Å². The Morgan fingerprint density at radius 1 is 1.23 bits per heavy atom. The molecule has 1 aromatic heterocycles. The van der Waals surface area contributed by atoms with Crippen LogP contribution in [0.4, 0.5) is 17.1 Å². The number of anilines is 3. The van der Waals surface area contributed by atoms with Crippen LogP contribution in [0.2, 0.25) is 0 Å².